The van der Waals surface area contributed by atoms with Gasteiger partial charge in [-0.15, -0.1) is 0 Å². The van der Waals surface area contributed by atoms with E-state index in [9.17, 15) is 4.79 Å². The van der Waals surface area contributed by atoms with Crippen LogP contribution in [0.15, 0.2) is 18.6 Å². The van der Waals surface area contributed by atoms with Gasteiger partial charge in [-0.05, 0) is 38.5 Å². The maximum Gasteiger partial charge on any atom is 0.246 e. The van der Waals surface area contributed by atoms with Gasteiger partial charge >= 0.3 is 0 Å². The molecule has 0 atom stereocenters. The third-order valence-corrected chi connectivity index (χ3v) is 5.72. The summed E-state index contributed by atoms with van der Waals surface area (Å²) in [7, 11) is 0. The molecule has 2 aromatic heterocycles. The Labute approximate surface area is 153 Å². The summed E-state index contributed by atoms with van der Waals surface area (Å²) >= 11 is 0. The molecule has 0 radical (unpaired) electrons. The smallest absolute Gasteiger partial charge is 0.246 e. The van der Waals surface area contributed by atoms with Crippen molar-refractivity contribution in [2.45, 2.75) is 39.7 Å². The van der Waals surface area contributed by atoms with Gasteiger partial charge in [-0.2, -0.15) is 15.0 Å². The Bertz CT molecular complexity index is 781. The van der Waals surface area contributed by atoms with E-state index >= 15 is 0 Å². The lowest BCUT2D eigenvalue weighted by atomic mass is 9.78. The summed E-state index contributed by atoms with van der Waals surface area (Å²) < 4.78 is 0. The molecule has 8 nitrogen and oxygen atoms in total. The molecule has 2 aliphatic rings. The van der Waals surface area contributed by atoms with Gasteiger partial charge in [0.1, 0.15) is 18.2 Å². The van der Waals surface area contributed by atoms with Crippen molar-refractivity contribution in [2.24, 2.45) is 5.41 Å². The Morgan fingerprint density at radius 3 is 2.54 bits per heavy atom. The van der Waals surface area contributed by atoms with Crippen molar-refractivity contribution in [1.82, 2.24) is 29.9 Å². The lowest BCUT2D eigenvalue weighted by molar-refractivity contribution is -0.134. The molecular formula is C18H25N7O. The highest BCUT2D eigenvalue weighted by molar-refractivity contribution is 5.75. The second-order valence-corrected chi connectivity index (χ2v) is 7.54. The van der Waals surface area contributed by atoms with E-state index < -0.39 is 0 Å². The van der Waals surface area contributed by atoms with E-state index in [1.165, 1.54) is 4.80 Å². The molecule has 4 rings (SSSR count). The van der Waals surface area contributed by atoms with Crippen LogP contribution in [0.4, 0.5) is 5.82 Å². The van der Waals surface area contributed by atoms with E-state index in [0.717, 1.165) is 62.6 Å². The highest BCUT2D eigenvalue weighted by Gasteiger charge is 2.42. The molecule has 26 heavy (non-hydrogen) atoms. The number of piperidine rings is 1. The van der Waals surface area contributed by atoms with E-state index in [-0.39, 0.29) is 12.5 Å². The van der Waals surface area contributed by atoms with Crippen LogP contribution in [-0.4, -0.2) is 61.9 Å². The summed E-state index contributed by atoms with van der Waals surface area (Å²) in [4.78, 5) is 27.2. The quantitative estimate of drug-likeness (QED) is 0.823. The maximum atomic E-state index is 12.4. The molecule has 0 N–H and O–H groups in total. The number of carbonyl (C=O) groups excluding carboxylic acids is 1. The van der Waals surface area contributed by atoms with Crippen molar-refractivity contribution >= 4 is 11.7 Å². The standard InChI is InChI=1S/C18H25N7O/c1-14-11-19-15(2)22-17(14)24-10-5-18(13-24)3-8-23(9-4-18)16(26)12-25-20-6-7-21-25/h6-7,11H,3-5,8-10,12-13H2,1-2H3. The second-order valence-electron chi connectivity index (χ2n) is 7.54. The first kappa shape index (κ1) is 16.9. The molecule has 0 aliphatic carbocycles. The van der Waals surface area contributed by atoms with Crippen LogP contribution in [0.3, 0.4) is 0 Å². The van der Waals surface area contributed by atoms with Gasteiger partial charge in [0.2, 0.25) is 5.91 Å². The maximum absolute atomic E-state index is 12.4. The first-order chi connectivity index (χ1) is 12.5. The number of carbonyl (C=O) groups is 1. The number of aromatic nitrogens is 5. The minimum absolute atomic E-state index is 0.105. The highest BCUT2D eigenvalue weighted by Crippen LogP contribution is 2.42. The lowest BCUT2D eigenvalue weighted by Gasteiger charge is -2.39. The zero-order chi connectivity index (χ0) is 18.1. The van der Waals surface area contributed by atoms with Gasteiger partial charge in [-0.25, -0.2) is 9.97 Å². The topological polar surface area (TPSA) is 80.0 Å². The Morgan fingerprint density at radius 1 is 1.12 bits per heavy atom. The van der Waals surface area contributed by atoms with Gasteiger partial charge in [0.05, 0.1) is 12.4 Å². The lowest BCUT2D eigenvalue weighted by Crippen LogP contribution is -2.45. The van der Waals surface area contributed by atoms with Crippen molar-refractivity contribution in [3.63, 3.8) is 0 Å². The second kappa shape index (κ2) is 6.66. The normalized spacial score (nSPS) is 19.3. The number of aryl methyl sites for hydroxylation is 2. The molecule has 2 aromatic rings. The Balaban J connectivity index is 1.37. The molecule has 0 unspecified atom stereocenters. The molecule has 0 saturated carbocycles. The first-order valence-corrected chi connectivity index (χ1v) is 9.22. The molecule has 4 heterocycles. The number of hydrogen-bond donors (Lipinski definition) is 0. The van der Waals surface area contributed by atoms with Gasteiger partial charge in [-0.1, -0.05) is 0 Å². The largest absolute Gasteiger partial charge is 0.356 e. The molecule has 1 amide bonds. The third-order valence-electron chi connectivity index (χ3n) is 5.72. The molecule has 1 spiro atoms. The third kappa shape index (κ3) is 3.27. The van der Waals surface area contributed by atoms with Crippen LogP contribution in [0.2, 0.25) is 0 Å². The van der Waals surface area contributed by atoms with Crippen molar-refractivity contribution in [2.75, 3.05) is 31.1 Å². The number of hydrogen-bond acceptors (Lipinski definition) is 6. The minimum atomic E-state index is 0.105. The SMILES string of the molecule is Cc1ncc(C)c(N2CCC3(CCN(C(=O)Cn4nccn4)CC3)C2)n1. The first-order valence-electron chi connectivity index (χ1n) is 9.22. The van der Waals surface area contributed by atoms with Crippen molar-refractivity contribution in [3.8, 4) is 0 Å². The summed E-state index contributed by atoms with van der Waals surface area (Å²) in [5.74, 6) is 1.99. The minimum Gasteiger partial charge on any atom is -0.356 e. The van der Waals surface area contributed by atoms with E-state index in [1.54, 1.807) is 12.4 Å². The number of rotatable bonds is 3. The molecule has 2 saturated heterocycles. The van der Waals surface area contributed by atoms with E-state index in [4.69, 9.17) is 0 Å². The average Bonchev–Trinajstić information content (AvgIpc) is 3.28. The zero-order valence-corrected chi connectivity index (χ0v) is 15.4. The fraction of sp³-hybridized carbons (Fsp3) is 0.611. The summed E-state index contributed by atoms with van der Waals surface area (Å²) in [6.45, 7) is 7.92. The van der Waals surface area contributed by atoms with Crippen molar-refractivity contribution < 1.29 is 4.79 Å². The van der Waals surface area contributed by atoms with Crippen LogP contribution < -0.4 is 4.90 Å². The Morgan fingerprint density at radius 2 is 1.81 bits per heavy atom. The van der Waals surface area contributed by atoms with E-state index in [2.05, 4.69) is 32.0 Å². The Kier molecular flexibility index (Phi) is 4.34. The Hall–Kier alpha value is -2.51. The number of likely N-dealkylation sites (tertiary alicyclic amines) is 1. The van der Waals surface area contributed by atoms with Crippen LogP contribution in [0.5, 0.6) is 0 Å². The number of anilines is 1. The van der Waals surface area contributed by atoms with E-state index in [0.29, 0.717) is 5.41 Å². The van der Waals surface area contributed by atoms with Gasteiger partial charge in [0.15, 0.2) is 0 Å². The fourth-order valence-electron chi connectivity index (χ4n) is 4.14. The molecule has 2 aliphatic heterocycles. The van der Waals surface area contributed by atoms with Crippen molar-refractivity contribution in [1.29, 1.82) is 0 Å². The highest BCUT2D eigenvalue weighted by atomic mass is 16.2. The monoisotopic (exact) mass is 355 g/mol. The predicted octanol–water partition coefficient (Wildman–Crippen LogP) is 1.20. The van der Waals surface area contributed by atoms with Crippen LogP contribution in [-0.2, 0) is 11.3 Å². The molecule has 0 bridgehead atoms. The van der Waals surface area contributed by atoms with Gasteiger partial charge in [0.25, 0.3) is 0 Å². The summed E-state index contributed by atoms with van der Waals surface area (Å²) in [5.41, 5.74) is 1.43. The number of nitrogens with zero attached hydrogens (tertiary/aromatic N) is 7. The predicted molar refractivity (Wildman–Crippen MR) is 96.6 cm³/mol. The fourth-order valence-corrected chi connectivity index (χ4v) is 4.14. The molecular weight excluding hydrogens is 330 g/mol. The van der Waals surface area contributed by atoms with Gasteiger partial charge < -0.3 is 9.80 Å². The van der Waals surface area contributed by atoms with Crippen LogP contribution >= 0.6 is 0 Å². The van der Waals surface area contributed by atoms with E-state index in [1.807, 2.05) is 18.0 Å². The summed E-state index contributed by atoms with van der Waals surface area (Å²) in [6.07, 6.45) is 8.37. The molecule has 138 valence electrons. The average molecular weight is 355 g/mol. The molecule has 0 aromatic carbocycles. The number of amides is 1. The van der Waals surface area contributed by atoms with Crippen molar-refractivity contribution in [3.05, 3.63) is 30.0 Å². The van der Waals surface area contributed by atoms with Crippen LogP contribution in [0.1, 0.15) is 30.7 Å². The van der Waals surface area contributed by atoms with Gasteiger partial charge in [0, 0.05) is 37.9 Å². The molecule has 8 heteroatoms. The summed E-state index contributed by atoms with van der Waals surface area (Å²) in [5, 5.41) is 8.04. The molecule has 2 fully saturated rings. The van der Waals surface area contributed by atoms with Crippen LogP contribution in [0, 0.1) is 19.3 Å². The van der Waals surface area contributed by atoms with Crippen LogP contribution in [0.25, 0.3) is 0 Å². The van der Waals surface area contributed by atoms with Gasteiger partial charge in [-0.3, -0.25) is 4.79 Å². The summed E-state index contributed by atoms with van der Waals surface area (Å²) in [6, 6.07) is 0. The zero-order valence-electron chi connectivity index (χ0n) is 15.4.